The van der Waals surface area contributed by atoms with E-state index in [9.17, 15) is 0 Å². The molecule has 0 aliphatic heterocycles. The van der Waals surface area contributed by atoms with Crippen LogP contribution in [0.25, 0.3) is 0 Å². The highest BCUT2D eigenvalue weighted by Gasteiger charge is 2.27. The Balaban J connectivity index is 2.22. The van der Waals surface area contributed by atoms with Gasteiger partial charge < -0.3 is 16.2 Å². The molecular weight excluding hydrogens is 250 g/mol. The molecule has 0 aromatic heterocycles. The molecule has 0 radical (unpaired) electrons. The van der Waals surface area contributed by atoms with Gasteiger partial charge in [-0.05, 0) is 30.7 Å². The van der Waals surface area contributed by atoms with Gasteiger partial charge in [-0.15, -0.1) is 0 Å². The summed E-state index contributed by atoms with van der Waals surface area (Å²) in [6.07, 6.45) is 0. The predicted octanol–water partition coefficient (Wildman–Crippen LogP) is 2.46. The highest BCUT2D eigenvalue weighted by atomic mass is 16.5. The van der Waals surface area contributed by atoms with Crippen molar-refractivity contribution in [2.75, 3.05) is 18.6 Å². The number of benzene rings is 2. The minimum absolute atomic E-state index is 0.657. The molecule has 20 heavy (non-hydrogen) atoms. The van der Waals surface area contributed by atoms with Crippen LogP contribution in [0.15, 0.2) is 48.5 Å². The van der Waals surface area contributed by atoms with Gasteiger partial charge >= 0.3 is 0 Å². The number of hydrogen-bond acceptors (Lipinski definition) is 4. The first kappa shape index (κ1) is 14.4. The molecule has 0 fully saturated rings. The van der Waals surface area contributed by atoms with Crippen LogP contribution in [0.3, 0.4) is 0 Å². The minimum Gasteiger partial charge on any atom is -0.399 e. The standard InChI is InChI=1S/C16H21N3O/c1-16(20-2,14-10-13(17)8-9-15(14)18)19-11-12-6-4-3-5-7-12/h3-10,19H,11,17-18H2,1-2H3. The van der Waals surface area contributed by atoms with Crippen molar-refractivity contribution in [1.82, 2.24) is 5.32 Å². The van der Waals surface area contributed by atoms with Crippen molar-refractivity contribution in [1.29, 1.82) is 0 Å². The van der Waals surface area contributed by atoms with Crippen LogP contribution in [0.1, 0.15) is 18.1 Å². The smallest absolute Gasteiger partial charge is 0.144 e. The van der Waals surface area contributed by atoms with E-state index in [-0.39, 0.29) is 0 Å². The van der Waals surface area contributed by atoms with Gasteiger partial charge in [0.1, 0.15) is 5.72 Å². The van der Waals surface area contributed by atoms with Crippen LogP contribution in [0.5, 0.6) is 0 Å². The van der Waals surface area contributed by atoms with E-state index in [1.807, 2.05) is 31.2 Å². The molecule has 0 saturated heterocycles. The minimum atomic E-state index is -0.685. The first-order chi connectivity index (χ1) is 9.55. The van der Waals surface area contributed by atoms with Gasteiger partial charge in [-0.1, -0.05) is 30.3 Å². The Bertz CT molecular complexity index is 571. The number of nitrogens with one attached hydrogen (secondary N) is 1. The quantitative estimate of drug-likeness (QED) is 0.577. The lowest BCUT2D eigenvalue weighted by Gasteiger charge is -2.31. The van der Waals surface area contributed by atoms with E-state index in [1.165, 1.54) is 5.56 Å². The van der Waals surface area contributed by atoms with E-state index in [4.69, 9.17) is 16.2 Å². The second-order valence-corrected chi connectivity index (χ2v) is 4.92. The van der Waals surface area contributed by atoms with Gasteiger partial charge in [0, 0.05) is 30.6 Å². The van der Waals surface area contributed by atoms with Gasteiger partial charge in [-0.25, -0.2) is 0 Å². The van der Waals surface area contributed by atoms with Gasteiger partial charge in [0.15, 0.2) is 0 Å². The summed E-state index contributed by atoms with van der Waals surface area (Å²) in [5, 5.41) is 3.39. The molecule has 0 amide bonds. The lowest BCUT2D eigenvalue weighted by atomic mass is 10.0. The molecule has 1 atom stereocenters. The van der Waals surface area contributed by atoms with Gasteiger partial charge in [0.2, 0.25) is 0 Å². The molecule has 106 valence electrons. The summed E-state index contributed by atoms with van der Waals surface area (Å²) >= 11 is 0. The van der Waals surface area contributed by atoms with Gasteiger partial charge in [0.05, 0.1) is 0 Å². The summed E-state index contributed by atoms with van der Waals surface area (Å²) < 4.78 is 5.63. The normalized spacial score (nSPS) is 13.9. The Hall–Kier alpha value is -2.04. The monoisotopic (exact) mass is 271 g/mol. The number of anilines is 2. The second-order valence-electron chi connectivity index (χ2n) is 4.92. The molecule has 0 aliphatic carbocycles. The predicted molar refractivity (Wildman–Crippen MR) is 82.9 cm³/mol. The Morgan fingerprint density at radius 1 is 1.10 bits per heavy atom. The van der Waals surface area contributed by atoms with Gasteiger partial charge in [-0.3, -0.25) is 5.32 Å². The topological polar surface area (TPSA) is 73.3 Å². The molecule has 0 bridgehead atoms. The number of nitrogen functional groups attached to an aromatic ring is 2. The van der Waals surface area contributed by atoms with Gasteiger partial charge in [0.25, 0.3) is 0 Å². The van der Waals surface area contributed by atoms with Crippen LogP contribution in [0.4, 0.5) is 11.4 Å². The summed E-state index contributed by atoms with van der Waals surface area (Å²) in [5.74, 6) is 0. The van der Waals surface area contributed by atoms with Crippen LogP contribution < -0.4 is 16.8 Å². The van der Waals surface area contributed by atoms with Crippen molar-refractivity contribution in [3.63, 3.8) is 0 Å². The van der Waals surface area contributed by atoms with E-state index in [2.05, 4.69) is 17.4 Å². The first-order valence-corrected chi connectivity index (χ1v) is 6.55. The highest BCUT2D eigenvalue weighted by Crippen LogP contribution is 2.29. The maximum Gasteiger partial charge on any atom is 0.144 e. The zero-order valence-electron chi connectivity index (χ0n) is 11.9. The third-order valence-corrected chi connectivity index (χ3v) is 3.47. The number of methoxy groups -OCH3 is 1. The number of hydrogen-bond donors (Lipinski definition) is 3. The third kappa shape index (κ3) is 3.10. The van der Waals surface area contributed by atoms with Crippen LogP contribution in [-0.4, -0.2) is 7.11 Å². The van der Waals surface area contributed by atoms with Crippen LogP contribution in [0.2, 0.25) is 0 Å². The second kappa shape index (κ2) is 5.94. The largest absolute Gasteiger partial charge is 0.399 e. The lowest BCUT2D eigenvalue weighted by Crippen LogP contribution is -2.41. The molecule has 0 saturated carbocycles. The van der Waals surface area contributed by atoms with Crippen molar-refractivity contribution < 1.29 is 4.74 Å². The molecule has 2 aromatic rings. The van der Waals surface area contributed by atoms with Crippen LogP contribution in [0, 0.1) is 0 Å². The highest BCUT2D eigenvalue weighted by molar-refractivity contribution is 5.57. The zero-order chi connectivity index (χ0) is 14.6. The molecule has 4 heteroatoms. The molecule has 2 rings (SSSR count). The van der Waals surface area contributed by atoms with Crippen LogP contribution in [-0.2, 0) is 17.0 Å². The van der Waals surface area contributed by atoms with Gasteiger partial charge in [-0.2, -0.15) is 0 Å². The molecule has 0 spiro atoms. The molecule has 0 aliphatic rings. The maximum atomic E-state index is 6.04. The third-order valence-electron chi connectivity index (χ3n) is 3.47. The summed E-state index contributed by atoms with van der Waals surface area (Å²) in [6, 6.07) is 15.6. The molecular formula is C16H21N3O. The van der Waals surface area contributed by atoms with E-state index in [1.54, 1.807) is 19.2 Å². The number of rotatable bonds is 5. The van der Waals surface area contributed by atoms with Crippen molar-refractivity contribution in [2.45, 2.75) is 19.2 Å². The first-order valence-electron chi connectivity index (χ1n) is 6.55. The van der Waals surface area contributed by atoms with E-state index in [0.717, 1.165) is 5.56 Å². The summed E-state index contributed by atoms with van der Waals surface area (Å²) in [7, 11) is 1.65. The molecule has 5 N–H and O–H groups in total. The Morgan fingerprint density at radius 2 is 1.80 bits per heavy atom. The van der Waals surface area contributed by atoms with Crippen molar-refractivity contribution in [3.8, 4) is 0 Å². The van der Waals surface area contributed by atoms with E-state index >= 15 is 0 Å². The summed E-state index contributed by atoms with van der Waals surface area (Å²) in [4.78, 5) is 0. The van der Waals surface area contributed by atoms with Crippen molar-refractivity contribution >= 4 is 11.4 Å². The Morgan fingerprint density at radius 3 is 2.45 bits per heavy atom. The average molecular weight is 271 g/mol. The van der Waals surface area contributed by atoms with E-state index < -0.39 is 5.72 Å². The van der Waals surface area contributed by atoms with E-state index in [0.29, 0.717) is 17.9 Å². The SMILES string of the molecule is COC(C)(NCc1ccccc1)c1cc(N)ccc1N. The molecule has 0 heterocycles. The molecule has 1 unspecified atom stereocenters. The Kier molecular flexibility index (Phi) is 4.27. The van der Waals surface area contributed by atoms with Crippen molar-refractivity contribution in [2.24, 2.45) is 0 Å². The fraction of sp³-hybridized carbons (Fsp3) is 0.250. The average Bonchev–Trinajstić information content (AvgIpc) is 2.48. The lowest BCUT2D eigenvalue weighted by molar-refractivity contribution is -0.0297. The number of ether oxygens (including phenoxy) is 1. The molecule has 4 nitrogen and oxygen atoms in total. The van der Waals surface area contributed by atoms with Crippen LogP contribution >= 0.6 is 0 Å². The summed E-state index contributed by atoms with van der Waals surface area (Å²) in [6.45, 7) is 2.63. The number of nitrogens with two attached hydrogens (primary N) is 2. The fourth-order valence-corrected chi connectivity index (χ4v) is 2.13. The Labute approximate surface area is 119 Å². The zero-order valence-corrected chi connectivity index (χ0v) is 11.9. The summed E-state index contributed by atoms with van der Waals surface area (Å²) in [5.41, 5.74) is 14.6. The van der Waals surface area contributed by atoms with Crippen molar-refractivity contribution in [3.05, 3.63) is 59.7 Å². The maximum absolute atomic E-state index is 6.04. The fourth-order valence-electron chi connectivity index (χ4n) is 2.13. The molecule has 2 aromatic carbocycles.